The predicted octanol–water partition coefficient (Wildman–Crippen LogP) is 5.07. The van der Waals surface area contributed by atoms with Crippen LogP contribution < -0.4 is 10.6 Å². The van der Waals surface area contributed by atoms with Crippen LogP contribution in [0.2, 0.25) is 0 Å². The van der Waals surface area contributed by atoms with Crippen molar-refractivity contribution in [2.75, 3.05) is 5.32 Å². The third-order valence-corrected chi connectivity index (χ3v) is 4.56. The van der Waals surface area contributed by atoms with Crippen LogP contribution in [0.3, 0.4) is 0 Å². The Kier molecular flexibility index (Phi) is 7.19. The zero-order chi connectivity index (χ0) is 19.8. The molecule has 1 unspecified atom stereocenters. The van der Waals surface area contributed by atoms with E-state index in [0.717, 1.165) is 23.2 Å². The number of hydrogen-bond acceptors (Lipinski definition) is 3. The maximum Gasteiger partial charge on any atom is 0.263 e. The normalized spacial score (nSPS) is 12.4. The summed E-state index contributed by atoms with van der Waals surface area (Å²) in [4.78, 5) is 12.5. The highest BCUT2D eigenvalue weighted by Gasteiger charge is 2.14. The Morgan fingerprint density at radius 3 is 2.37 bits per heavy atom. The lowest BCUT2D eigenvalue weighted by Gasteiger charge is -2.15. The minimum absolute atomic E-state index is 0.0468. The zero-order valence-electron chi connectivity index (χ0n) is 16.4. The molecule has 1 amide bonds. The van der Waals surface area contributed by atoms with E-state index in [-0.39, 0.29) is 17.5 Å². The van der Waals surface area contributed by atoms with Crippen LogP contribution in [0.25, 0.3) is 0 Å². The van der Waals surface area contributed by atoms with Crippen LogP contribution in [0.15, 0.2) is 60.3 Å². The van der Waals surface area contributed by atoms with Gasteiger partial charge < -0.3 is 10.6 Å². The van der Waals surface area contributed by atoms with Crippen molar-refractivity contribution in [2.24, 2.45) is 0 Å². The number of para-hydroxylation sites is 1. The van der Waals surface area contributed by atoms with Gasteiger partial charge in [0.2, 0.25) is 0 Å². The van der Waals surface area contributed by atoms with Gasteiger partial charge >= 0.3 is 0 Å². The van der Waals surface area contributed by atoms with Gasteiger partial charge in [0.25, 0.3) is 5.91 Å². The molecule has 0 radical (unpaired) electrons. The van der Waals surface area contributed by atoms with Crippen LogP contribution in [0.4, 0.5) is 5.69 Å². The number of rotatable bonds is 7. The Labute approximate surface area is 161 Å². The molecule has 0 spiro atoms. The lowest BCUT2D eigenvalue weighted by molar-refractivity contribution is -0.117. The summed E-state index contributed by atoms with van der Waals surface area (Å²) in [6.45, 7) is 8.23. The molecule has 4 nitrogen and oxygen atoms in total. The summed E-state index contributed by atoms with van der Waals surface area (Å²) in [5.74, 6) is -0.0494. The molecule has 0 fully saturated rings. The van der Waals surface area contributed by atoms with Crippen LogP contribution >= 0.6 is 0 Å². The molecule has 0 aliphatic rings. The number of anilines is 1. The molecule has 1 atom stereocenters. The van der Waals surface area contributed by atoms with Gasteiger partial charge in [-0.05, 0) is 42.0 Å². The van der Waals surface area contributed by atoms with Gasteiger partial charge in [-0.25, -0.2) is 0 Å². The second kappa shape index (κ2) is 9.59. The fourth-order valence-corrected chi connectivity index (χ4v) is 2.83. The first-order valence-corrected chi connectivity index (χ1v) is 9.31. The minimum Gasteiger partial charge on any atom is -0.360 e. The lowest BCUT2D eigenvalue weighted by Crippen LogP contribution is -2.28. The fourth-order valence-electron chi connectivity index (χ4n) is 2.83. The number of nitriles is 1. The Hall–Kier alpha value is -3.06. The molecule has 0 aromatic heterocycles. The van der Waals surface area contributed by atoms with Crippen LogP contribution in [0.1, 0.15) is 56.3 Å². The monoisotopic (exact) mass is 361 g/mol. The number of carbonyl (C=O) groups is 1. The van der Waals surface area contributed by atoms with E-state index in [0.29, 0.717) is 5.92 Å². The molecule has 0 aliphatic carbocycles. The number of benzene rings is 2. The summed E-state index contributed by atoms with van der Waals surface area (Å²) in [7, 11) is 0. The summed E-state index contributed by atoms with van der Waals surface area (Å²) in [5.41, 5.74) is 4.34. The summed E-state index contributed by atoms with van der Waals surface area (Å²) in [6, 6.07) is 17.8. The smallest absolute Gasteiger partial charge is 0.263 e. The van der Waals surface area contributed by atoms with Gasteiger partial charge in [-0.15, -0.1) is 0 Å². The highest BCUT2D eigenvalue weighted by atomic mass is 16.1. The quantitative estimate of drug-likeness (QED) is 0.534. The molecule has 2 aromatic carbocycles. The van der Waals surface area contributed by atoms with Crippen molar-refractivity contribution in [3.05, 3.63) is 77.0 Å². The summed E-state index contributed by atoms with van der Waals surface area (Å²) < 4.78 is 0. The van der Waals surface area contributed by atoms with E-state index in [2.05, 4.69) is 43.5 Å². The van der Waals surface area contributed by atoms with Gasteiger partial charge in [0.15, 0.2) is 0 Å². The molecular weight excluding hydrogens is 334 g/mol. The standard InChI is InChI=1S/C23H27N3O/c1-5-18-10-12-19(13-11-18)17(4)26-23(27)20(14-24)15-25-22-9-7-6-8-21(22)16(2)3/h6-13,15-17,25H,5H2,1-4H3,(H,26,27)/b20-15-. The summed E-state index contributed by atoms with van der Waals surface area (Å²) in [6.07, 6.45) is 2.45. The average Bonchev–Trinajstić information content (AvgIpc) is 2.68. The van der Waals surface area contributed by atoms with E-state index < -0.39 is 0 Å². The van der Waals surface area contributed by atoms with Gasteiger partial charge in [0.05, 0.1) is 6.04 Å². The molecule has 2 N–H and O–H groups in total. The number of nitrogens with one attached hydrogen (secondary N) is 2. The largest absolute Gasteiger partial charge is 0.360 e. The summed E-state index contributed by atoms with van der Waals surface area (Å²) in [5, 5.41) is 15.4. The molecule has 140 valence electrons. The van der Waals surface area contributed by atoms with Crippen molar-refractivity contribution in [3.63, 3.8) is 0 Å². The molecule has 0 saturated heterocycles. The summed E-state index contributed by atoms with van der Waals surface area (Å²) >= 11 is 0. The Bertz CT molecular complexity index is 845. The molecule has 0 bridgehead atoms. The van der Waals surface area contributed by atoms with Gasteiger partial charge in [-0.3, -0.25) is 4.79 Å². The zero-order valence-corrected chi connectivity index (χ0v) is 16.4. The van der Waals surface area contributed by atoms with Crippen LogP contribution in [0, 0.1) is 11.3 Å². The topological polar surface area (TPSA) is 64.9 Å². The molecule has 0 aliphatic heterocycles. The maximum absolute atomic E-state index is 12.5. The van der Waals surface area contributed by atoms with Crippen molar-refractivity contribution in [1.29, 1.82) is 5.26 Å². The van der Waals surface area contributed by atoms with Gasteiger partial charge in [-0.2, -0.15) is 5.26 Å². The predicted molar refractivity (Wildman–Crippen MR) is 110 cm³/mol. The molecule has 4 heteroatoms. The van der Waals surface area contributed by atoms with Gasteiger partial charge in [0.1, 0.15) is 11.6 Å². The van der Waals surface area contributed by atoms with E-state index in [4.69, 9.17) is 0 Å². The molecule has 27 heavy (non-hydrogen) atoms. The van der Waals surface area contributed by atoms with Crippen molar-refractivity contribution < 1.29 is 4.79 Å². The SMILES string of the molecule is CCc1ccc(C(C)NC(=O)/C(C#N)=C\Nc2ccccc2C(C)C)cc1. The lowest BCUT2D eigenvalue weighted by atomic mass is 10.0. The first-order valence-electron chi connectivity index (χ1n) is 9.31. The third kappa shape index (κ3) is 5.46. The van der Waals surface area contributed by atoms with Crippen LogP contribution in [-0.4, -0.2) is 5.91 Å². The Morgan fingerprint density at radius 1 is 1.11 bits per heavy atom. The number of amides is 1. The van der Waals surface area contributed by atoms with E-state index in [1.807, 2.05) is 49.4 Å². The van der Waals surface area contributed by atoms with E-state index >= 15 is 0 Å². The van der Waals surface area contributed by atoms with E-state index in [1.165, 1.54) is 11.8 Å². The molecular formula is C23H27N3O. The molecule has 2 aromatic rings. The Morgan fingerprint density at radius 2 is 1.78 bits per heavy atom. The minimum atomic E-state index is -0.390. The average molecular weight is 361 g/mol. The third-order valence-electron chi connectivity index (χ3n) is 4.56. The molecule has 2 rings (SSSR count). The fraction of sp³-hybridized carbons (Fsp3) is 0.304. The number of nitrogens with zero attached hydrogens (tertiary/aromatic N) is 1. The van der Waals surface area contributed by atoms with Crippen LogP contribution in [-0.2, 0) is 11.2 Å². The van der Waals surface area contributed by atoms with Gasteiger partial charge in [0, 0.05) is 11.9 Å². The second-order valence-electron chi connectivity index (χ2n) is 6.85. The number of hydrogen-bond donors (Lipinski definition) is 2. The molecule has 0 saturated carbocycles. The van der Waals surface area contributed by atoms with Gasteiger partial charge in [-0.1, -0.05) is 63.2 Å². The number of aryl methyl sites for hydroxylation is 1. The number of carbonyl (C=O) groups excluding carboxylic acids is 1. The Balaban J connectivity index is 2.09. The van der Waals surface area contributed by atoms with E-state index in [9.17, 15) is 10.1 Å². The first kappa shape index (κ1) is 20.3. The first-order chi connectivity index (χ1) is 13.0. The van der Waals surface area contributed by atoms with Crippen molar-refractivity contribution in [1.82, 2.24) is 5.32 Å². The second-order valence-corrected chi connectivity index (χ2v) is 6.85. The molecule has 0 heterocycles. The van der Waals surface area contributed by atoms with Crippen LogP contribution in [0.5, 0.6) is 0 Å². The van der Waals surface area contributed by atoms with Crippen molar-refractivity contribution >= 4 is 11.6 Å². The highest BCUT2D eigenvalue weighted by molar-refractivity contribution is 5.97. The van der Waals surface area contributed by atoms with Crippen molar-refractivity contribution in [3.8, 4) is 6.07 Å². The van der Waals surface area contributed by atoms with Crippen molar-refractivity contribution in [2.45, 2.75) is 46.1 Å². The highest BCUT2D eigenvalue weighted by Crippen LogP contribution is 2.24. The van der Waals surface area contributed by atoms with E-state index in [1.54, 1.807) is 0 Å². The maximum atomic E-state index is 12.5.